The maximum Gasteiger partial charge on any atom is 0.327 e. The summed E-state index contributed by atoms with van der Waals surface area (Å²) in [4.78, 5) is 35.8. The summed E-state index contributed by atoms with van der Waals surface area (Å²) in [5.41, 5.74) is 4.34. The van der Waals surface area contributed by atoms with Crippen molar-refractivity contribution in [3.63, 3.8) is 0 Å². The lowest BCUT2D eigenvalue weighted by Crippen LogP contribution is -2.42. The third-order valence-corrected chi connectivity index (χ3v) is 7.48. The number of nitrogens with zero attached hydrogens (tertiary/aromatic N) is 3. The Labute approximate surface area is 217 Å². The molecule has 1 aliphatic rings. The summed E-state index contributed by atoms with van der Waals surface area (Å²) in [5, 5.41) is 6.46. The van der Waals surface area contributed by atoms with Crippen molar-refractivity contribution in [1.82, 2.24) is 15.3 Å². The first-order valence-electron chi connectivity index (χ1n) is 11.2. The number of nitrogens with one attached hydrogen (secondary N) is 2. The Morgan fingerprint density at radius 3 is 2.71 bits per heavy atom. The SMILES string of the molecule is CCc1cc(N2C(=O)NCc3c(SCC(=O)Nc4ccc(CC)c(OC)c4)ncnc32)ccc1Br. The molecular formula is C25H26BrN5O3S. The fourth-order valence-corrected chi connectivity index (χ4v) is 5.18. The quantitative estimate of drug-likeness (QED) is 0.283. The fourth-order valence-electron chi connectivity index (χ4n) is 3.85. The van der Waals surface area contributed by atoms with Crippen molar-refractivity contribution >= 4 is 56.8 Å². The van der Waals surface area contributed by atoms with Gasteiger partial charge in [-0.1, -0.05) is 47.6 Å². The van der Waals surface area contributed by atoms with E-state index in [9.17, 15) is 9.59 Å². The van der Waals surface area contributed by atoms with Crippen molar-refractivity contribution in [1.29, 1.82) is 0 Å². The predicted octanol–water partition coefficient (Wildman–Crippen LogP) is 5.46. The Morgan fingerprint density at radius 1 is 1.17 bits per heavy atom. The van der Waals surface area contributed by atoms with E-state index in [1.54, 1.807) is 12.0 Å². The minimum atomic E-state index is -0.251. The van der Waals surface area contributed by atoms with E-state index in [1.807, 2.05) is 36.4 Å². The molecule has 3 amide bonds. The van der Waals surface area contributed by atoms with E-state index in [2.05, 4.69) is 50.4 Å². The topological polar surface area (TPSA) is 96.5 Å². The van der Waals surface area contributed by atoms with Crippen LogP contribution in [0.25, 0.3) is 0 Å². The maximum atomic E-state index is 12.8. The first-order valence-corrected chi connectivity index (χ1v) is 13.0. The van der Waals surface area contributed by atoms with Gasteiger partial charge in [0.15, 0.2) is 5.82 Å². The Morgan fingerprint density at radius 2 is 1.97 bits per heavy atom. The molecule has 2 N–H and O–H groups in total. The van der Waals surface area contributed by atoms with Crippen LogP contribution in [0.2, 0.25) is 0 Å². The molecule has 0 saturated carbocycles. The molecule has 8 nitrogen and oxygen atoms in total. The van der Waals surface area contributed by atoms with Crippen LogP contribution in [0, 0.1) is 0 Å². The monoisotopic (exact) mass is 555 g/mol. The molecule has 35 heavy (non-hydrogen) atoms. The number of hydrogen-bond donors (Lipinski definition) is 2. The van der Waals surface area contributed by atoms with Crippen LogP contribution in [-0.4, -0.2) is 34.8 Å². The number of carbonyl (C=O) groups is 2. The lowest BCUT2D eigenvalue weighted by molar-refractivity contribution is -0.113. The van der Waals surface area contributed by atoms with Gasteiger partial charge >= 0.3 is 6.03 Å². The molecule has 2 heterocycles. The lowest BCUT2D eigenvalue weighted by atomic mass is 10.1. The second-order valence-electron chi connectivity index (χ2n) is 7.82. The number of halogens is 1. The number of amides is 3. The normalized spacial score (nSPS) is 12.7. The van der Waals surface area contributed by atoms with Gasteiger partial charge < -0.3 is 15.4 Å². The van der Waals surface area contributed by atoms with E-state index >= 15 is 0 Å². The highest BCUT2D eigenvalue weighted by atomic mass is 79.9. The molecule has 0 bridgehead atoms. The summed E-state index contributed by atoms with van der Waals surface area (Å²) >= 11 is 4.86. The van der Waals surface area contributed by atoms with Crippen LogP contribution in [-0.2, 0) is 24.2 Å². The average Bonchev–Trinajstić information content (AvgIpc) is 2.87. The summed E-state index contributed by atoms with van der Waals surface area (Å²) in [5.74, 6) is 1.27. The summed E-state index contributed by atoms with van der Waals surface area (Å²) in [7, 11) is 1.62. The lowest BCUT2D eigenvalue weighted by Gasteiger charge is -2.29. The molecule has 0 aliphatic carbocycles. The molecule has 4 rings (SSSR count). The second kappa shape index (κ2) is 11.1. The molecule has 0 atom stereocenters. The Hall–Kier alpha value is -3.11. The maximum absolute atomic E-state index is 12.8. The zero-order chi connectivity index (χ0) is 24.9. The molecule has 2 aromatic carbocycles. The van der Waals surface area contributed by atoms with Crippen molar-refractivity contribution in [2.24, 2.45) is 0 Å². The summed E-state index contributed by atoms with van der Waals surface area (Å²) < 4.78 is 6.40. The molecule has 3 aromatic rings. The molecule has 182 valence electrons. The molecule has 0 radical (unpaired) electrons. The summed E-state index contributed by atoms with van der Waals surface area (Å²) in [6.45, 7) is 4.41. The minimum Gasteiger partial charge on any atom is -0.496 e. The van der Waals surface area contributed by atoms with Gasteiger partial charge in [-0.3, -0.25) is 4.79 Å². The molecule has 0 unspecified atom stereocenters. The first-order chi connectivity index (χ1) is 16.9. The second-order valence-corrected chi connectivity index (χ2v) is 9.64. The van der Waals surface area contributed by atoms with Crippen LogP contribution in [0.5, 0.6) is 5.75 Å². The molecule has 10 heteroatoms. The third kappa shape index (κ3) is 5.43. The third-order valence-electron chi connectivity index (χ3n) is 5.67. The Kier molecular flexibility index (Phi) is 7.92. The predicted molar refractivity (Wildman–Crippen MR) is 142 cm³/mol. The fraction of sp³-hybridized carbons (Fsp3) is 0.280. The smallest absolute Gasteiger partial charge is 0.327 e. The number of benzene rings is 2. The van der Waals surface area contributed by atoms with Crippen LogP contribution in [0.15, 0.2) is 52.2 Å². The van der Waals surface area contributed by atoms with Gasteiger partial charge in [0.2, 0.25) is 5.91 Å². The number of ether oxygens (including phenoxy) is 1. The molecule has 0 fully saturated rings. The number of methoxy groups -OCH3 is 1. The van der Waals surface area contributed by atoms with Gasteiger partial charge in [0.1, 0.15) is 17.1 Å². The minimum absolute atomic E-state index is 0.160. The van der Waals surface area contributed by atoms with Gasteiger partial charge in [-0.2, -0.15) is 0 Å². The number of urea groups is 1. The van der Waals surface area contributed by atoms with Crippen LogP contribution in [0.4, 0.5) is 22.0 Å². The Bertz CT molecular complexity index is 1270. The van der Waals surface area contributed by atoms with E-state index < -0.39 is 0 Å². The highest BCUT2D eigenvalue weighted by Crippen LogP contribution is 2.36. The average molecular weight is 556 g/mol. The number of aromatic nitrogens is 2. The molecule has 1 aliphatic heterocycles. The van der Waals surface area contributed by atoms with Gasteiger partial charge in [-0.25, -0.2) is 19.7 Å². The van der Waals surface area contributed by atoms with Crippen LogP contribution in [0.1, 0.15) is 30.5 Å². The van der Waals surface area contributed by atoms with Crippen molar-refractivity contribution in [3.05, 3.63) is 63.9 Å². The van der Waals surface area contributed by atoms with E-state index in [-0.39, 0.29) is 17.7 Å². The van der Waals surface area contributed by atoms with Gasteiger partial charge in [0.05, 0.1) is 25.1 Å². The van der Waals surface area contributed by atoms with Gasteiger partial charge in [-0.05, 0) is 48.2 Å². The number of aryl methyl sites for hydroxylation is 2. The summed E-state index contributed by atoms with van der Waals surface area (Å²) in [6.07, 6.45) is 3.10. The van der Waals surface area contributed by atoms with E-state index in [4.69, 9.17) is 4.74 Å². The van der Waals surface area contributed by atoms with E-state index in [0.717, 1.165) is 45.4 Å². The molecular weight excluding hydrogens is 530 g/mol. The number of hydrogen-bond acceptors (Lipinski definition) is 6. The van der Waals surface area contributed by atoms with Gasteiger partial charge in [0, 0.05) is 21.8 Å². The van der Waals surface area contributed by atoms with Crippen LogP contribution >= 0.6 is 27.7 Å². The molecule has 0 saturated heterocycles. The number of carbonyl (C=O) groups excluding carboxylic acids is 2. The standard InChI is InChI=1S/C25H26BrN5O3S/c1-4-15-6-7-17(11-21(15)34-3)30-22(32)13-35-24-19-12-27-25(33)31(23(19)28-14-29-24)18-8-9-20(26)16(5-2)10-18/h6-11,14H,4-5,12-13H2,1-3H3,(H,27,33)(H,30,32). The van der Waals surface area contributed by atoms with Gasteiger partial charge in [-0.15, -0.1) is 0 Å². The summed E-state index contributed by atoms with van der Waals surface area (Å²) in [6, 6.07) is 11.2. The number of fused-ring (bicyclic) bond motifs is 1. The number of thioether (sulfide) groups is 1. The highest BCUT2D eigenvalue weighted by molar-refractivity contribution is 9.10. The number of anilines is 3. The Balaban J connectivity index is 1.52. The molecule has 0 spiro atoms. The van der Waals surface area contributed by atoms with E-state index in [1.165, 1.54) is 18.1 Å². The number of rotatable bonds is 8. The van der Waals surface area contributed by atoms with Crippen molar-refractivity contribution in [2.45, 2.75) is 38.3 Å². The zero-order valence-corrected chi connectivity index (χ0v) is 22.1. The van der Waals surface area contributed by atoms with Crippen LogP contribution < -0.4 is 20.3 Å². The van der Waals surface area contributed by atoms with Crippen molar-refractivity contribution in [2.75, 3.05) is 23.1 Å². The van der Waals surface area contributed by atoms with E-state index in [0.29, 0.717) is 23.1 Å². The highest BCUT2D eigenvalue weighted by Gasteiger charge is 2.29. The first kappa shape index (κ1) is 25.0. The van der Waals surface area contributed by atoms with Crippen molar-refractivity contribution in [3.8, 4) is 5.75 Å². The van der Waals surface area contributed by atoms with Crippen molar-refractivity contribution < 1.29 is 14.3 Å². The van der Waals surface area contributed by atoms with Crippen LogP contribution in [0.3, 0.4) is 0 Å². The molecule has 1 aromatic heterocycles. The largest absolute Gasteiger partial charge is 0.496 e. The zero-order valence-electron chi connectivity index (χ0n) is 19.7. The van der Waals surface area contributed by atoms with Gasteiger partial charge in [0.25, 0.3) is 0 Å².